The van der Waals surface area contributed by atoms with Gasteiger partial charge in [-0.2, -0.15) is 15.0 Å². The van der Waals surface area contributed by atoms with Crippen LogP contribution in [-0.4, -0.2) is 35.2 Å². The van der Waals surface area contributed by atoms with E-state index >= 15 is 0 Å². The third-order valence-electron chi connectivity index (χ3n) is 2.67. The van der Waals surface area contributed by atoms with E-state index < -0.39 is 0 Å². The molecule has 0 aliphatic carbocycles. The summed E-state index contributed by atoms with van der Waals surface area (Å²) in [6.07, 6.45) is 0. The summed E-state index contributed by atoms with van der Waals surface area (Å²) in [5, 5.41) is 6.12. The van der Waals surface area contributed by atoms with Gasteiger partial charge in [0.25, 0.3) is 0 Å². The number of ether oxygens (including phenoxy) is 1. The first-order chi connectivity index (χ1) is 7.86. The van der Waals surface area contributed by atoms with Crippen molar-refractivity contribution in [1.82, 2.24) is 15.0 Å². The zero-order chi connectivity index (χ0) is 13.1. The summed E-state index contributed by atoms with van der Waals surface area (Å²) in [4.78, 5) is 12.4. The summed E-state index contributed by atoms with van der Waals surface area (Å²) in [6.45, 7) is 8.56. The minimum atomic E-state index is 0.125. The highest BCUT2D eigenvalue weighted by atomic mass is 16.5. The molecule has 1 aromatic heterocycles. The van der Waals surface area contributed by atoms with Crippen molar-refractivity contribution in [1.29, 1.82) is 0 Å². The van der Waals surface area contributed by atoms with Gasteiger partial charge in [0, 0.05) is 13.1 Å². The molecule has 0 aliphatic heterocycles. The second-order valence-electron chi connectivity index (χ2n) is 4.95. The van der Waals surface area contributed by atoms with Crippen LogP contribution in [0.25, 0.3) is 0 Å². The number of anilines is 2. The third kappa shape index (κ3) is 3.72. The number of nitrogens with zero attached hydrogens (tertiary/aromatic N) is 3. The highest BCUT2D eigenvalue weighted by Crippen LogP contribution is 2.22. The largest absolute Gasteiger partial charge is 0.467 e. The molecule has 0 saturated heterocycles. The van der Waals surface area contributed by atoms with Crippen LogP contribution < -0.4 is 15.4 Å². The Morgan fingerprint density at radius 1 is 1.12 bits per heavy atom. The van der Waals surface area contributed by atoms with E-state index in [1.807, 2.05) is 0 Å². The lowest BCUT2D eigenvalue weighted by molar-refractivity contribution is 0.355. The standard InChI is InChI=1S/C11H21N5O/c1-7(11(2,3)4)13-9-14-8(12-5)15-10(16-9)17-6/h7H,1-6H3,(H2,12,13,14,15,16). The van der Waals surface area contributed by atoms with Gasteiger partial charge in [-0.3, -0.25) is 0 Å². The number of hydrogen-bond acceptors (Lipinski definition) is 6. The van der Waals surface area contributed by atoms with Gasteiger partial charge in [-0.25, -0.2) is 0 Å². The molecule has 1 unspecified atom stereocenters. The molecule has 17 heavy (non-hydrogen) atoms. The normalized spacial score (nSPS) is 13.1. The lowest BCUT2D eigenvalue weighted by Gasteiger charge is -2.28. The lowest BCUT2D eigenvalue weighted by Crippen LogP contribution is -2.31. The van der Waals surface area contributed by atoms with Gasteiger partial charge in [-0.05, 0) is 12.3 Å². The number of hydrogen-bond donors (Lipinski definition) is 2. The maximum Gasteiger partial charge on any atom is 0.322 e. The molecule has 0 bridgehead atoms. The molecule has 0 fully saturated rings. The zero-order valence-corrected chi connectivity index (χ0v) is 11.3. The summed E-state index contributed by atoms with van der Waals surface area (Å²) in [5.74, 6) is 1.00. The van der Waals surface area contributed by atoms with Crippen LogP contribution >= 0.6 is 0 Å². The van der Waals surface area contributed by atoms with Crippen LogP contribution in [0, 0.1) is 5.41 Å². The summed E-state index contributed by atoms with van der Waals surface area (Å²) >= 11 is 0. The fourth-order valence-corrected chi connectivity index (χ4v) is 1.03. The van der Waals surface area contributed by atoms with Crippen molar-refractivity contribution in [3.05, 3.63) is 0 Å². The van der Waals surface area contributed by atoms with Gasteiger partial charge in [0.2, 0.25) is 11.9 Å². The Hall–Kier alpha value is -1.59. The van der Waals surface area contributed by atoms with Gasteiger partial charge < -0.3 is 15.4 Å². The second kappa shape index (κ2) is 5.16. The molecule has 1 atom stereocenters. The minimum Gasteiger partial charge on any atom is -0.467 e. The first-order valence-electron chi connectivity index (χ1n) is 5.61. The van der Waals surface area contributed by atoms with E-state index in [0.29, 0.717) is 17.9 Å². The van der Waals surface area contributed by atoms with Gasteiger partial charge in [-0.1, -0.05) is 20.8 Å². The van der Waals surface area contributed by atoms with Gasteiger partial charge in [-0.15, -0.1) is 0 Å². The average molecular weight is 239 g/mol. The Morgan fingerprint density at radius 2 is 1.71 bits per heavy atom. The van der Waals surface area contributed by atoms with Crippen molar-refractivity contribution >= 4 is 11.9 Å². The molecular formula is C11H21N5O. The summed E-state index contributed by atoms with van der Waals surface area (Å²) in [6, 6.07) is 0.535. The monoisotopic (exact) mass is 239 g/mol. The van der Waals surface area contributed by atoms with Crippen LogP contribution in [0.1, 0.15) is 27.7 Å². The van der Waals surface area contributed by atoms with Crippen LogP contribution in [0.2, 0.25) is 0 Å². The highest BCUT2D eigenvalue weighted by molar-refractivity contribution is 5.36. The number of aromatic nitrogens is 3. The molecule has 1 aromatic rings. The van der Waals surface area contributed by atoms with Crippen molar-refractivity contribution < 1.29 is 4.74 Å². The predicted octanol–water partition coefficient (Wildman–Crippen LogP) is 1.77. The smallest absolute Gasteiger partial charge is 0.322 e. The first kappa shape index (κ1) is 13.5. The molecule has 0 radical (unpaired) electrons. The minimum absolute atomic E-state index is 0.125. The van der Waals surface area contributed by atoms with E-state index in [-0.39, 0.29) is 11.5 Å². The fraction of sp³-hybridized carbons (Fsp3) is 0.727. The number of nitrogens with one attached hydrogen (secondary N) is 2. The Kier molecular flexibility index (Phi) is 4.09. The zero-order valence-electron chi connectivity index (χ0n) is 11.3. The number of rotatable bonds is 4. The molecule has 0 spiro atoms. The maximum atomic E-state index is 5.02. The maximum absolute atomic E-state index is 5.02. The van der Waals surface area contributed by atoms with Gasteiger partial charge in [0.15, 0.2) is 0 Å². The summed E-state index contributed by atoms with van der Waals surface area (Å²) in [7, 11) is 3.29. The molecule has 0 aliphatic rings. The quantitative estimate of drug-likeness (QED) is 0.834. The molecule has 0 amide bonds. The topological polar surface area (TPSA) is 72.0 Å². The van der Waals surface area contributed by atoms with Crippen molar-refractivity contribution in [2.75, 3.05) is 24.8 Å². The molecule has 1 heterocycles. The Morgan fingerprint density at radius 3 is 2.18 bits per heavy atom. The third-order valence-corrected chi connectivity index (χ3v) is 2.67. The van der Waals surface area contributed by atoms with E-state index in [4.69, 9.17) is 4.74 Å². The van der Waals surface area contributed by atoms with Crippen LogP contribution in [0.4, 0.5) is 11.9 Å². The molecular weight excluding hydrogens is 218 g/mol. The van der Waals surface area contributed by atoms with Crippen molar-refractivity contribution in [3.8, 4) is 6.01 Å². The van der Waals surface area contributed by atoms with Crippen LogP contribution in [-0.2, 0) is 0 Å². The van der Waals surface area contributed by atoms with Crippen LogP contribution in [0.15, 0.2) is 0 Å². The predicted molar refractivity (Wildman–Crippen MR) is 68.5 cm³/mol. The van der Waals surface area contributed by atoms with Crippen molar-refractivity contribution in [2.45, 2.75) is 33.7 Å². The van der Waals surface area contributed by atoms with E-state index in [1.165, 1.54) is 7.11 Å². The summed E-state index contributed by atoms with van der Waals surface area (Å²) in [5.41, 5.74) is 0.125. The molecule has 0 saturated carbocycles. The molecule has 6 heteroatoms. The highest BCUT2D eigenvalue weighted by Gasteiger charge is 2.21. The van der Waals surface area contributed by atoms with Crippen LogP contribution in [0.3, 0.4) is 0 Å². The fourth-order valence-electron chi connectivity index (χ4n) is 1.03. The van der Waals surface area contributed by atoms with Crippen molar-refractivity contribution in [2.24, 2.45) is 5.41 Å². The Balaban J connectivity index is 2.90. The average Bonchev–Trinajstić information content (AvgIpc) is 2.27. The Labute approximate surface area is 102 Å². The molecule has 96 valence electrons. The van der Waals surface area contributed by atoms with E-state index in [9.17, 15) is 0 Å². The van der Waals surface area contributed by atoms with E-state index in [0.717, 1.165) is 0 Å². The lowest BCUT2D eigenvalue weighted by atomic mass is 9.88. The Bertz CT molecular complexity index is 352. The first-order valence-corrected chi connectivity index (χ1v) is 5.61. The van der Waals surface area contributed by atoms with Gasteiger partial charge in [0.05, 0.1) is 7.11 Å². The second-order valence-corrected chi connectivity index (χ2v) is 4.95. The van der Waals surface area contributed by atoms with E-state index in [1.54, 1.807) is 7.05 Å². The van der Waals surface area contributed by atoms with Gasteiger partial charge >= 0.3 is 6.01 Å². The number of methoxy groups -OCH3 is 1. The summed E-state index contributed by atoms with van der Waals surface area (Å²) < 4.78 is 5.02. The molecule has 0 aromatic carbocycles. The van der Waals surface area contributed by atoms with Crippen LogP contribution in [0.5, 0.6) is 6.01 Å². The molecule has 6 nitrogen and oxygen atoms in total. The van der Waals surface area contributed by atoms with Crippen molar-refractivity contribution in [3.63, 3.8) is 0 Å². The SMILES string of the molecule is CNc1nc(NC(C)C(C)(C)C)nc(OC)n1. The molecule has 1 rings (SSSR count). The van der Waals surface area contributed by atoms with Gasteiger partial charge in [0.1, 0.15) is 0 Å². The van der Waals surface area contributed by atoms with E-state index in [2.05, 4.69) is 53.3 Å². The molecule has 2 N–H and O–H groups in total.